The molecule has 0 aromatic carbocycles. The molecule has 1 aliphatic rings. The second-order valence-electron chi connectivity index (χ2n) is 6.32. The highest BCUT2D eigenvalue weighted by atomic mass is 32.1. The van der Waals surface area contributed by atoms with Crippen LogP contribution < -0.4 is 0 Å². The lowest BCUT2D eigenvalue weighted by Crippen LogP contribution is -2.43. The van der Waals surface area contributed by atoms with Crippen LogP contribution in [0.15, 0.2) is 28.2 Å². The van der Waals surface area contributed by atoms with E-state index in [2.05, 4.69) is 11.9 Å². The van der Waals surface area contributed by atoms with Gasteiger partial charge in [-0.3, -0.25) is 9.59 Å². The van der Waals surface area contributed by atoms with Gasteiger partial charge in [0.1, 0.15) is 0 Å². The highest BCUT2D eigenvalue weighted by Gasteiger charge is 2.30. The van der Waals surface area contributed by atoms with Crippen LogP contribution in [0.25, 0.3) is 0 Å². The third-order valence-electron chi connectivity index (χ3n) is 4.54. The van der Waals surface area contributed by atoms with Gasteiger partial charge in [-0.1, -0.05) is 6.92 Å². The number of carbonyl (C=O) groups excluding carboxylic acids is 2. The molecule has 2 amide bonds. The van der Waals surface area contributed by atoms with E-state index in [0.29, 0.717) is 38.2 Å². The molecule has 0 bridgehead atoms. The summed E-state index contributed by atoms with van der Waals surface area (Å²) in [5, 5.41) is 3.12. The molecule has 0 saturated carbocycles. The zero-order valence-electron chi connectivity index (χ0n) is 14.6. The summed E-state index contributed by atoms with van der Waals surface area (Å²) in [6.45, 7) is 3.79. The largest absolute Gasteiger partial charge is 0.459 e. The van der Waals surface area contributed by atoms with Crippen LogP contribution in [-0.2, 0) is 17.8 Å². The Balaban J connectivity index is 1.51. The van der Waals surface area contributed by atoms with Crippen LogP contribution >= 0.6 is 11.3 Å². The second kappa shape index (κ2) is 7.82. The molecular formula is C18H23N3O3S. The van der Waals surface area contributed by atoms with Gasteiger partial charge in [0.15, 0.2) is 5.76 Å². The molecule has 25 heavy (non-hydrogen) atoms. The van der Waals surface area contributed by atoms with Crippen molar-refractivity contribution < 1.29 is 14.0 Å². The Morgan fingerprint density at radius 1 is 1.40 bits per heavy atom. The van der Waals surface area contributed by atoms with Crippen molar-refractivity contribution in [1.29, 1.82) is 0 Å². The molecule has 0 atom stereocenters. The third kappa shape index (κ3) is 4.10. The fourth-order valence-electron chi connectivity index (χ4n) is 3.10. The Bertz CT molecular complexity index is 718. The zero-order valence-corrected chi connectivity index (χ0v) is 15.4. The van der Waals surface area contributed by atoms with E-state index in [9.17, 15) is 9.59 Å². The first-order chi connectivity index (χ1) is 12.1. The monoisotopic (exact) mass is 361 g/mol. The summed E-state index contributed by atoms with van der Waals surface area (Å²) in [5.41, 5.74) is 0.947. The van der Waals surface area contributed by atoms with Crippen LogP contribution in [0.3, 0.4) is 0 Å². The van der Waals surface area contributed by atoms with Crippen LogP contribution in [0, 0.1) is 5.92 Å². The maximum absolute atomic E-state index is 12.7. The van der Waals surface area contributed by atoms with Crippen molar-refractivity contribution in [2.24, 2.45) is 5.92 Å². The normalized spacial score (nSPS) is 15.4. The van der Waals surface area contributed by atoms with E-state index in [4.69, 9.17) is 4.42 Å². The first kappa shape index (κ1) is 17.7. The summed E-state index contributed by atoms with van der Waals surface area (Å²) < 4.78 is 5.17. The molecule has 6 nitrogen and oxygen atoms in total. The van der Waals surface area contributed by atoms with Crippen LogP contribution in [0.2, 0.25) is 0 Å². The van der Waals surface area contributed by atoms with E-state index in [0.717, 1.165) is 17.1 Å². The average molecular weight is 361 g/mol. The number of piperidine rings is 1. The van der Waals surface area contributed by atoms with Gasteiger partial charge < -0.3 is 14.2 Å². The standard InChI is InChI=1S/C18H23N3O3S/c1-3-16-19-14(12-25-16)11-20(2)17(22)13-6-8-21(9-7-13)18(23)15-5-4-10-24-15/h4-5,10,12-13H,3,6-9,11H2,1-2H3. The van der Waals surface area contributed by atoms with Crippen LogP contribution in [0.5, 0.6) is 0 Å². The molecule has 7 heteroatoms. The summed E-state index contributed by atoms with van der Waals surface area (Å²) in [7, 11) is 1.83. The maximum atomic E-state index is 12.7. The molecule has 0 aliphatic carbocycles. The van der Waals surface area contributed by atoms with Crippen molar-refractivity contribution in [3.05, 3.63) is 40.2 Å². The van der Waals surface area contributed by atoms with Gasteiger partial charge in [-0.15, -0.1) is 11.3 Å². The number of aryl methyl sites for hydroxylation is 1. The van der Waals surface area contributed by atoms with Gasteiger partial charge in [-0.25, -0.2) is 4.98 Å². The number of rotatable bonds is 5. The molecule has 2 aromatic rings. The average Bonchev–Trinajstić information content (AvgIpc) is 3.32. The van der Waals surface area contributed by atoms with Gasteiger partial charge in [0.2, 0.25) is 5.91 Å². The van der Waals surface area contributed by atoms with Gasteiger partial charge in [0.25, 0.3) is 5.91 Å². The van der Waals surface area contributed by atoms with E-state index in [1.807, 2.05) is 12.4 Å². The highest BCUT2D eigenvalue weighted by molar-refractivity contribution is 7.09. The molecule has 0 spiro atoms. The lowest BCUT2D eigenvalue weighted by molar-refractivity contribution is -0.136. The number of carbonyl (C=O) groups is 2. The molecule has 1 fully saturated rings. The summed E-state index contributed by atoms with van der Waals surface area (Å²) in [6, 6.07) is 3.38. The molecular weight excluding hydrogens is 338 g/mol. The second-order valence-corrected chi connectivity index (χ2v) is 7.27. The highest BCUT2D eigenvalue weighted by Crippen LogP contribution is 2.22. The molecule has 0 N–H and O–H groups in total. The Morgan fingerprint density at radius 2 is 2.16 bits per heavy atom. The summed E-state index contributed by atoms with van der Waals surface area (Å²) >= 11 is 1.64. The Morgan fingerprint density at radius 3 is 2.76 bits per heavy atom. The molecule has 1 aliphatic heterocycles. The van der Waals surface area contributed by atoms with Crippen LogP contribution in [-0.4, -0.2) is 46.7 Å². The van der Waals surface area contributed by atoms with Crippen molar-refractivity contribution in [3.8, 4) is 0 Å². The number of aromatic nitrogens is 1. The summed E-state index contributed by atoms with van der Waals surface area (Å²) in [4.78, 5) is 33.0. The molecule has 3 heterocycles. The minimum atomic E-state index is -0.0983. The third-order valence-corrected chi connectivity index (χ3v) is 5.58. The van der Waals surface area contributed by atoms with E-state index in [1.165, 1.54) is 6.26 Å². The fourth-order valence-corrected chi connectivity index (χ4v) is 3.84. The first-order valence-electron chi connectivity index (χ1n) is 8.59. The number of hydrogen-bond donors (Lipinski definition) is 0. The van der Waals surface area contributed by atoms with Crippen molar-refractivity contribution in [2.75, 3.05) is 20.1 Å². The van der Waals surface area contributed by atoms with E-state index < -0.39 is 0 Å². The van der Waals surface area contributed by atoms with E-state index >= 15 is 0 Å². The first-order valence-corrected chi connectivity index (χ1v) is 9.47. The SMILES string of the molecule is CCc1nc(CN(C)C(=O)C2CCN(C(=O)c3ccco3)CC2)cs1. The predicted molar refractivity (Wildman–Crippen MR) is 95.3 cm³/mol. The smallest absolute Gasteiger partial charge is 0.289 e. The summed E-state index contributed by atoms with van der Waals surface area (Å²) in [5.74, 6) is 0.363. The lowest BCUT2D eigenvalue weighted by atomic mass is 9.95. The maximum Gasteiger partial charge on any atom is 0.289 e. The molecule has 0 radical (unpaired) electrons. The Labute approximate surface area is 151 Å². The number of amides is 2. The molecule has 134 valence electrons. The van der Waals surface area contributed by atoms with Gasteiger partial charge in [-0.05, 0) is 31.4 Å². The van der Waals surface area contributed by atoms with Crippen molar-refractivity contribution >= 4 is 23.2 Å². The van der Waals surface area contributed by atoms with Crippen molar-refractivity contribution in [2.45, 2.75) is 32.7 Å². The molecule has 2 aromatic heterocycles. The fraction of sp³-hybridized carbons (Fsp3) is 0.500. The van der Waals surface area contributed by atoms with Crippen LogP contribution in [0.1, 0.15) is 41.0 Å². The number of thiazole rings is 1. The van der Waals surface area contributed by atoms with Gasteiger partial charge in [-0.2, -0.15) is 0 Å². The Kier molecular flexibility index (Phi) is 5.53. The molecule has 0 unspecified atom stereocenters. The van der Waals surface area contributed by atoms with Crippen LogP contribution in [0.4, 0.5) is 0 Å². The van der Waals surface area contributed by atoms with Gasteiger partial charge >= 0.3 is 0 Å². The number of nitrogens with zero attached hydrogens (tertiary/aromatic N) is 3. The number of furan rings is 1. The molecule has 1 saturated heterocycles. The summed E-state index contributed by atoms with van der Waals surface area (Å²) in [6.07, 6.45) is 3.80. The molecule has 3 rings (SSSR count). The van der Waals surface area contributed by atoms with Crippen molar-refractivity contribution in [1.82, 2.24) is 14.8 Å². The predicted octanol–water partition coefficient (Wildman–Crippen LogP) is 2.81. The van der Waals surface area contributed by atoms with Crippen molar-refractivity contribution in [3.63, 3.8) is 0 Å². The lowest BCUT2D eigenvalue weighted by Gasteiger charge is -2.32. The topological polar surface area (TPSA) is 66.7 Å². The van der Waals surface area contributed by atoms with E-state index in [-0.39, 0.29) is 17.7 Å². The number of hydrogen-bond acceptors (Lipinski definition) is 5. The quantitative estimate of drug-likeness (QED) is 0.821. The number of likely N-dealkylation sites (tertiary alicyclic amines) is 1. The minimum absolute atomic E-state index is 0.0325. The minimum Gasteiger partial charge on any atom is -0.459 e. The Hall–Kier alpha value is -2.15. The zero-order chi connectivity index (χ0) is 17.8. The van der Waals surface area contributed by atoms with Gasteiger partial charge in [0, 0.05) is 31.4 Å². The van der Waals surface area contributed by atoms with E-state index in [1.54, 1.807) is 33.3 Å². The van der Waals surface area contributed by atoms with Gasteiger partial charge in [0.05, 0.1) is 23.5 Å².